The van der Waals surface area contributed by atoms with Crippen LogP contribution < -0.4 is 4.90 Å². The fourth-order valence-corrected chi connectivity index (χ4v) is 3.15. The van der Waals surface area contributed by atoms with E-state index in [9.17, 15) is 10.1 Å². The number of aromatic nitrogens is 1. The molecule has 0 amide bonds. The molecule has 0 bridgehead atoms. The van der Waals surface area contributed by atoms with Gasteiger partial charge in [-0.2, -0.15) is 0 Å². The highest BCUT2D eigenvalue weighted by Crippen LogP contribution is 2.33. The summed E-state index contributed by atoms with van der Waals surface area (Å²) in [7, 11) is 2.07. The zero-order valence-electron chi connectivity index (χ0n) is 12.3. The highest BCUT2D eigenvalue weighted by atomic mass is 127. The van der Waals surface area contributed by atoms with Crippen LogP contribution in [0.3, 0.4) is 0 Å². The molecule has 0 atom stereocenters. The van der Waals surface area contributed by atoms with Gasteiger partial charge in [0.25, 0.3) is 5.69 Å². The number of nitrogens with zero attached hydrogens (tertiary/aromatic N) is 3. The standard InChI is InChI=1S/C15H17IN4O2/c1-18-4-6-19(7-5-18)14-3-2-11(8-15(14)20(21)22)13-9-12(16)10-17-13/h2-3,8-10,17H,4-7H2,1H3. The molecule has 2 heterocycles. The van der Waals surface area contributed by atoms with Crippen molar-refractivity contribution in [1.82, 2.24) is 9.88 Å². The Morgan fingerprint density at radius 2 is 1.95 bits per heavy atom. The molecule has 1 aromatic carbocycles. The Labute approximate surface area is 142 Å². The normalized spacial score (nSPS) is 16.0. The largest absolute Gasteiger partial charge is 0.363 e. The van der Waals surface area contributed by atoms with Crippen LogP contribution in [-0.2, 0) is 0 Å². The number of rotatable bonds is 3. The Morgan fingerprint density at radius 3 is 2.55 bits per heavy atom. The quantitative estimate of drug-likeness (QED) is 0.479. The van der Waals surface area contributed by atoms with Gasteiger partial charge in [-0.05, 0) is 41.8 Å². The first kappa shape index (κ1) is 15.3. The van der Waals surface area contributed by atoms with Crippen LogP contribution in [0.15, 0.2) is 30.5 Å². The van der Waals surface area contributed by atoms with Crippen LogP contribution in [0.1, 0.15) is 0 Å². The fraction of sp³-hybridized carbons (Fsp3) is 0.333. The molecule has 1 aliphatic heterocycles. The Bertz CT molecular complexity index is 693. The summed E-state index contributed by atoms with van der Waals surface area (Å²) in [5, 5.41) is 11.5. The highest BCUT2D eigenvalue weighted by molar-refractivity contribution is 14.1. The first-order chi connectivity index (χ1) is 10.5. The van der Waals surface area contributed by atoms with E-state index >= 15 is 0 Å². The van der Waals surface area contributed by atoms with E-state index in [1.54, 1.807) is 6.07 Å². The van der Waals surface area contributed by atoms with E-state index in [4.69, 9.17) is 0 Å². The van der Waals surface area contributed by atoms with Crippen molar-refractivity contribution in [3.05, 3.63) is 44.1 Å². The third-order valence-electron chi connectivity index (χ3n) is 3.97. The van der Waals surface area contributed by atoms with Crippen molar-refractivity contribution < 1.29 is 4.92 Å². The van der Waals surface area contributed by atoms with Crippen LogP contribution in [0, 0.1) is 13.7 Å². The molecule has 116 valence electrons. The lowest BCUT2D eigenvalue weighted by Crippen LogP contribution is -2.44. The van der Waals surface area contributed by atoms with E-state index < -0.39 is 0 Å². The summed E-state index contributed by atoms with van der Waals surface area (Å²) in [5.74, 6) is 0. The van der Waals surface area contributed by atoms with Gasteiger partial charge in [-0.25, -0.2) is 0 Å². The number of H-pyrrole nitrogens is 1. The minimum Gasteiger partial charge on any atom is -0.363 e. The van der Waals surface area contributed by atoms with Gasteiger partial charge >= 0.3 is 0 Å². The smallest absolute Gasteiger partial charge is 0.293 e. The molecular formula is C15H17IN4O2. The van der Waals surface area contributed by atoms with Crippen molar-refractivity contribution >= 4 is 34.0 Å². The molecule has 1 N–H and O–H groups in total. The summed E-state index contributed by atoms with van der Waals surface area (Å²) >= 11 is 2.22. The zero-order valence-corrected chi connectivity index (χ0v) is 14.4. The zero-order chi connectivity index (χ0) is 15.7. The average Bonchev–Trinajstić information content (AvgIpc) is 2.94. The minimum atomic E-state index is -0.287. The van der Waals surface area contributed by atoms with Crippen LogP contribution in [0.5, 0.6) is 0 Å². The van der Waals surface area contributed by atoms with Gasteiger partial charge in [-0.3, -0.25) is 10.1 Å². The summed E-state index contributed by atoms with van der Waals surface area (Å²) < 4.78 is 1.08. The van der Waals surface area contributed by atoms with E-state index in [0.29, 0.717) is 5.69 Å². The second-order valence-electron chi connectivity index (χ2n) is 5.48. The highest BCUT2D eigenvalue weighted by Gasteiger charge is 2.23. The maximum Gasteiger partial charge on any atom is 0.293 e. The van der Waals surface area contributed by atoms with Crippen LogP contribution in [0.4, 0.5) is 11.4 Å². The third-order valence-corrected chi connectivity index (χ3v) is 4.60. The molecular weight excluding hydrogens is 395 g/mol. The number of aromatic amines is 1. The molecule has 22 heavy (non-hydrogen) atoms. The maximum atomic E-state index is 11.5. The molecule has 1 aromatic heterocycles. The van der Waals surface area contributed by atoms with E-state index in [-0.39, 0.29) is 10.6 Å². The van der Waals surface area contributed by atoms with Crippen molar-refractivity contribution in [3.8, 4) is 11.3 Å². The first-order valence-corrected chi connectivity index (χ1v) is 8.18. The molecule has 0 spiro atoms. The van der Waals surface area contributed by atoms with Gasteiger partial charge in [0.2, 0.25) is 0 Å². The second kappa shape index (κ2) is 6.25. The number of hydrogen-bond acceptors (Lipinski definition) is 4. The summed E-state index contributed by atoms with van der Waals surface area (Å²) in [4.78, 5) is 18.7. The molecule has 7 heteroatoms. The Balaban J connectivity index is 1.95. The minimum absolute atomic E-state index is 0.173. The number of anilines is 1. The number of nitrogens with one attached hydrogen (secondary N) is 1. The molecule has 0 aliphatic carbocycles. The van der Waals surface area contributed by atoms with E-state index in [2.05, 4.69) is 44.4 Å². The van der Waals surface area contributed by atoms with Crippen molar-refractivity contribution in [3.63, 3.8) is 0 Å². The molecule has 2 aromatic rings. The predicted octanol–water partition coefficient (Wildman–Crippen LogP) is 2.95. The monoisotopic (exact) mass is 412 g/mol. The lowest BCUT2D eigenvalue weighted by Gasteiger charge is -2.33. The van der Waals surface area contributed by atoms with Gasteiger partial charge in [0, 0.05) is 53.3 Å². The summed E-state index contributed by atoms with van der Waals surface area (Å²) in [5.41, 5.74) is 2.62. The lowest BCUT2D eigenvalue weighted by molar-refractivity contribution is -0.384. The number of likely N-dealkylation sites (N-methyl/N-ethyl adjacent to an activating group) is 1. The van der Waals surface area contributed by atoms with Gasteiger partial charge < -0.3 is 14.8 Å². The van der Waals surface area contributed by atoms with Crippen LogP contribution in [0.2, 0.25) is 0 Å². The molecule has 0 unspecified atom stereocenters. The van der Waals surface area contributed by atoms with Crippen LogP contribution in [-0.4, -0.2) is 48.0 Å². The number of piperazine rings is 1. The molecule has 1 aliphatic rings. The van der Waals surface area contributed by atoms with Crippen molar-refractivity contribution in [2.75, 3.05) is 38.1 Å². The van der Waals surface area contributed by atoms with Crippen molar-refractivity contribution in [1.29, 1.82) is 0 Å². The molecule has 1 fully saturated rings. The van der Waals surface area contributed by atoms with Gasteiger partial charge in [0.15, 0.2) is 0 Å². The molecule has 1 saturated heterocycles. The number of nitro groups is 1. The maximum absolute atomic E-state index is 11.5. The number of halogens is 1. The third kappa shape index (κ3) is 3.09. The molecule has 0 saturated carbocycles. The van der Waals surface area contributed by atoms with Gasteiger partial charge in [0.05, 0.1) is 4.92 Å². The summed E-state index contributed by atoms with van der Waals surface area (Å²) in [6, 6.07) is 7.46. The Morgan fingerprint density at radius 1 is 1.23 bits per heavy atom. The van der Waals surface area contributed by atoms with Gasteiger partial charge in [-0.1, -0.05) is 6.07 Å². The number of hydrogen-bond donors (Lipinski definition) is 1. The Hall–Kier alpha value is -1.61. The number of benzene rings is 1. The van der Waals surface area contributed by atoms with Gasteiger partial charge in [0.1, 0.15) is 5.69 Å². The van der Waals surface area contributed by atoms with Gasteiger partial charge in [-0.15, -0.1) is 0 Å². The second-order valence-corrected chi connectivity index (χ2v) is 6.73. The summed E-state index contributed by atoms with van der Waals surface area (Å²) in [6.07, 6.45) is 1.89. The fourth-order valence-electron chi connectivity index (χ4n) is 2.69. The lowest BCUT2D eigenvalue weighted by atomic mass is 10.1. The molecule has 6 nitrogen and oxygen atoms in total. The molecule has 0 radical (unpaired) electrons. The Kier molecular flexibility index (Phi) is 4.34. The number of nitro benzene ring substituents is 1. The first-order valence-electron chi connectivity index (χ1n) is 7.11. The SMILES string of the molecule is CN1CCN(c2ccc(-c3cc(I)c[nH]3)cc2[N+](=O)[O-])CC1. The summed E-state index contributed by atoms with van der Waals surface area (Å²) in [6.45, 7) is 3.48. The van der Waals surface area contributed by atoms with E-state index in [1.807, 2.05) is 24.4 Å². The van der Waals surface area contributed by atoms with E-state index in [0.717, 1.165) is 41.0 Å². The van der Waals surface area contributed by atoms with Crippen molar-refractivity contribution in [2.45, 2.75) is 0 Å². The van der Waals surface area contributed by atoms with Crippen LogP contribution >= 0.6 is 22.6 Å². The van der Waals surface area contributed by atoms with E-state index in [1.165, 1.54) is 0 Å². The predicted molar refractivity (Wildman–Crippen MR) is 95.3 cm³/mol. The van der Waals surface area contributed by atoms with Crippen LogP contribution in [0.25, 0.3) is 11.3 Å². The average molecular weight is 412 g/mol. The topological polar surface area (TPSA) is 65.4 Å². The van der Waals surface area contributed by atoms with Crippen molar-refractivity contribution in [2.24, 2.45) is 0 Å². The molecule has 3 rings (SSSR count).